The van der Waals surface area contributed by atoms with Gasteiger partial charge < -0.3 is 4.74 Å². The molecule has 0 saturated carbocycles. The Morgan fingerprint density at radius 1 is 1.09 bits per heavy atom. The zero-order chi connectivity index (χ0) is 17.7. The molecule has 0 spiro atoms. The van der Waals surface area contributed by atoms with Crippen LogP contribution in [-0.4, -0.2) is 60.1 Å². The standard InChI is InChI=1S/C16H30N2O3P/c1-11(2)22(12(3)4,13(5)6)10-14(9-17)15(19)18(7)16(20)21-8/h11-13,17H,10H2,1-8H3/q+1. The molecule has 0 bridgehead atoms. The topological polar surface area (TPSA) is 70.5 Å². The van der Waals surface area contributed by atoms with E-state index < -0.39 is 19.3 Å². The molecule has 0 aromatic rings. The second kappa shape index (κ2) is 8.45. The molecule has 0 fully saturated rings. The molecule has 0 rings (SSSR count). The van der Waals surface area contributed by atoms with Crippen LogP contribution in [0.15, 0.2) is 5.57 Å². The number of hydrogen-bond acceptors (Lipinski definition) is 4. The van der Waals surface area contributed by atoms with E-state index in [4.69, 9.17) is 5.41 Å². The van der Waals surface area contributed by atoms with Crippen LogP contribution in [0.5, 0.6) is 0 Å². The number of likely N-dealkylation sites (N-methyl/N-ethyl adjacent to an activating group) is 1. The van der Waals surface area contributed by atoms with E-state index in [-0.39, 0.29) is 5.57 Å². The molecule has 0 aliphatic rings. The first-order valence-electron chi connectivity index (χ1n) is 7.57. The molecule has 0 heterocycles. The molecule has 0 aliphatic carbocycles. The van der Waals surface area contributed by atoms with Gasteiger partial charge in [0.1, 0.15) is 5.57 Å². The number of carbonyl (C=O) groups excluding carboxylic acids is 2. The number of imide groups is 1. The Bertz CT molecular complexity index is 444. The van der Waals surface area contributed by atoms with Crippen LogP contribution in [0.4, 0.5) is 4.79 Å². The maximum Gasteiger partial charge on any atom is 0.416 e. The molecule has 0 aromatic carbocycles. The van der Waals surface area contributed by atoms with Gasteiger partial charge in [-0.3, -0.25) is 10.2 Å². The highest BCUT2D eigenvalue weighted by molar-refractivity contribution is 7.78. The van der Waals surface area contributed by atoms with Gasteiger partial charge in [0.05, 0.1) is 30.2 Å². The van der Waals surface area contributed by atoms with Crippen molar-refractivity contribution in [1.29, 1.82) is 5.41 Å². The number of carbonyl (C=O) groups is 2. The largest absolute Gasteiger partial charge is 0.452 e. The molecular weight excluding hydrogens is 299 g/mol. The second-order valence-corrected chi connectivity index (χ2v) is 11.8. The maximum atomic E-state index is 12.4. The van der Waals surface area contributed by atoms with Gasteiger partial charge in [-0.05, 0) is 47.4 Å². The Balaban J connectivity index is 5.65. The quantitative estimate of drug-likeness (QED) is 0.459. The van der Waals surface area contributed by atoms with Gasteiger partial charge in [-0.1, -0.05) is 0 Å². The van der Waals surface area contributed by atoms with E-state index in [0.717, 1.165) is 4.90 Å². The van der Waals surface area contributed by atoms with Gasteiger partial charge in [0.15, 0.2) is 0 Å². The Hall–Kier alpha value is -1.18. The van der Waals surface area contributed by atoms with Gasteiger partial charge in [-0.15, -0.1) is 0 Å². The second-order valence-electron chi connectivity index (χ2n) is 6.37. The van der Waals surface area contributed by atoms with E-state index in [1.54, 1.807) is 0 Å². The Morgan fingerprint density at radius 2 is 1.50 bits per heavy atom. The molecule has 22 heavy (non-hydrogen) atoms. The van der Waals surface area contributed by atoms with Gasteiger partial charge in [0.2, 0.25) is 0 Å². The van der Waals surface area contributed by atoms with Crippen LogP contribution >= 0.6 is 7.26 Å². The summed E-state index contributed by atoms with van der Waals surface area (Å²) in [4.78, 5) is 24.9. The first-order valence-corrected chi connectivity index (χ1v) is 9.76. The third kappa shape index (κ3) is 4.18. The minimum Gasteiger partial charge on any atom is -0.452 e. The van der Waals surface area contributed by atoms with Gasteiger partial charge in [-0.2, -0.15) is 0 Å². The average Bonchev–Trinajstić information content (AvgIpc) is 2.44. The molecule has 5 nitrogen and oxygen atoms in total. The summed E-state index contributed by atoms with van der Waals surface area (Å²) in [6.45, 7) is 13.1. The van der Waals surface area contributed by atoms with Crippen molar-refractivity contribution in [2.24, 2.45) is 0 Å². The zero-order valence-electron chi connectivity index (χ0n) is 15.1. The molecule has 0 radical (unpaired) electrons. The molecule has 2 amide bonds. The fourth-order valence-corrected chi connectivity index (χ4v) is 8.63. The highest BCUT2D eigenvalue weighted by Gasteiger charge is 2.49. The predicted octanol–water partition coefficient (Wildman–Crippen LogP) is 3.63. The molecule has 1 N–H and O–H groups in total. The minimum atomic E-state index is -1.54. The lowest BCUT2D eigenvalue weighted by molar-refractivity contribution is -0.124. The number of amides is 2. The number of nitrogens with one attached hydrogen (secondary N) is 1. The summed E-state index contributed by atoms with van der Waals surface area (Å²) in [6, 6.07) is 0. The highest BCUT2D eigenvalue weighted by Crippen LogP contribution is 2.70. The molecular formula is C16H30N2O3P+. The van der Waals surface area contributed by atoms with Crippen molar-refractivity contribution in [2.75, 3.05) is 20.3 Å². The fraction of sp³-hybridized carbons (Fsp3) is 0.750. The van der Waals surface area contributed by atoms with Crippen LogP contribution in [0.3, 0.4) is 0 Å². The van der Waals surface area contributed by atoms with Crippen molar-refractivity contribution in [3.63, 3.8) is 0 Å². The first kappa shape index (κ1) is 20.8. The lowest BCUT2D eigenvalue weighted by Gasteiger charge is -2.38. The molecule has 6 heteroatoms. The summed E-state index contributed by atoms with van der Waals surface area (Å²) in [5, 5.41) is 7.52. The highest BCUT2D eigenvalue weighted by atomic mass is 31.2. The third-order valence-corrected chi connectivity index (χ3v) is 11.1. The molecule has 0 unspecified atom stereocenters. The normalized spacial score (nSPS) is 11.6. The van der Waals surface area contributed by atoms with Crippen LogP contribution in [0.25, 0.3) is 0 Å². The Kier molecular flexibility index (Phi) is 8.00. The summed E-state index contributed by atoms with van der Waals surface area (Å²) < 4.78 is 4.57. The monoisotopic (exact) mass is 329 g/mol. The Labute approximate surface area is 134 Å². The molecule has 0 aromatic heterocycles. The van der Waals surface area contributed by atoms with Crippen LogP contribution in [-0.2, 0) is 9.53 Å². The van der Waals surface area contributed by atoms with Gasteiger partial charge in [0, 0.05) is 14.3 Å². The van der Waals surface area contributed by atoms with Crippen molar-refractivity contribution < 1.29 is 14.3 Å². The van der Waals surface area contributed by atoms with Gasteiger partial charge in [-0.25, -0.2) is 9.69 Å². The van der Waals surface area contributed by atoms with E-state index in [1.807, 2.05) is 0 Å². The fourth-order valence-electron chi connectivity index (χ4n) is 3.19. The van der Waals surface area contributed by atoms with Crippen molar-refractivity contribution in [1.82, 2.24) is 4.90 Å². The summed E-state index contributed by atoms with van der Waals surface area (Å²) >= 11 is 0. The van der Waals surface area contributed by atoms with Gasteiger partial charge in [0.25, 0.3) is 5.91 Å². The Morgan fingerprint density at radius 3 is 1.77 bits per heavy atom. The van der Waals surface area contributed by atoms with Crippen LogP contribution in [0.2, 0.25) is 0 Å². The van der Waals surface area contributed by atoms with Crippen molar-refractivity contribution in [3.05, 3.63) is 5.57 Å². The summed E-state index contributed by atoms with van der Waals surface area (Å²) in [5.41, 5.74) is 1.57. The van der Waals surface area contributed by atoms with Crippen molar-refractivity contribution >= 4 is 25.1 Å². The number of hydrogen-bond donors (Lipinski definition) is 1. The van der Waals surface area contributed by atoms with Crippen LogP contribution in [0.1, 0.15) is 41.5 Å². The minimum absolute atomic E-state index is 0.261. The number of ether oxygens (including phenoxy) is 1. The zero-order valence-corrected chi connectivity index (χ0v) is 16.0. The van der Waals surface area contributed by atoms with Crippen molar-refractivity contribution in [2.45, 2.75) is 58.5 Å². The van der Waals surface area contributed by atoms with Gasteiger partial charge >= 0.3 is 6.09 Å². The smallest absolute Gasteiger partial charge is 0.416 e. The molecule has 126 valence electrons. The summed E-state index contributed by atoms with van der Waals surface area (Å²) in [5.74, 6) is 1.78. The number of methoxy groups -OCH3 is 1. The van der Waals surface area contributed by atoms with E-state index in [2.05, 4.69) is 52.1 Å². The van der Waals surface area contributed by atoms with Crippen LogP contribution in [0, 0.1) is 5.41 Å². The third-order valence-electron chi connectivity index (χ3n) is 4.48. The number of rotatable bonds is 6. The summed E-state index contributed by atoms with van der Waals surface area (Å²) in [7, 11) is 1.06. The maximum absolute atomic E-state index is 12.4. The van der Waals surface area contributed by atoms with E-state index in [1.165, 1.54) is 14.2 Å². The lowest BCUT2D eigenvalue weighted by Crippen LogP contribution is -2.37. The van der Waals surface area contributed by atoms with E-state index >= 15 is 0 Å². The van der Waals surface area contributed by atoms with E-state index in [0.29, 0.717) is 23.1 Å². The molecule has 0 saturated heterocycles. The predicted molar refractivity (Wildman–Crippen MR) is 93.6 cm³/mol. The first-order chi connectivity index (χ1) is 10.1. The molecule has 0 atom stereocenters. The summed E-state index contributed by atoms with van der Waals surface area (Å²) in [6.07, 6.45) is -0.191. The van der Waals surface area contributed by atoms with Crippen molar-refractivity contribution in [3.8, 4) is 0 Å². The SMILES string of the molecule is COC(=O)N(C)C(=O)C(=C=N)C[P+](C(C)C)(C(C)C)C(C)C. The van der Waals surface area contributed by atoms with Crippen LogP contribution < -0.4 is 0 Å². The number of nitrogens with zero attached hydrogens (tertiary/aromatic N) is 1. The average molecular weight is 329 g/mol. The van der Waals surface area contributed by atoms with E-state index in [9.17, 15) is 9.59 Å². The lowest BCUT2D eigenvalue weighted by atomic mass is 10.3. The molecule has 0 aliphatic heterocycles.